The first-order valence-corrected chi connectivity index (χ1v) is 6.05. The van der Waals surface area contributed by atoms with E-state index in [1.807, 2.05) is 25.4 Å². The summed E-state index contributed by atoms with van der Waals surface area (Å²) in [5.41, 5.74) is 2.56. The van der Waals surface area contributed by atoms with Crippen LogP contribution in [0, 0.1) is 0 Å². The van der Waals surface area contributed by atoms with Gasteiger partial charge in [0.15, 0.2) is 0 Å². The van der Waals surface area contributed by atoms with Crippen LogP contribution in [0.15, 0.2) is 34.9 Å². The van der Waals surface area contributed by atoms with Gasteiger partial charge in [0, 0.05) is 6.20 Å². The lowest BCUT2D eigenvalue weighted by molar-refractivity contribution is 0.436. The summed E-state index contributed by atoms with van der Waals surface area (Å²) in [5, 5.41) is 3.10. The number of hydrogen-bond donors (Lipinski definition) is 1. The van der Waals surface area contributed by atoms with Crippen molar-refractivity contribution in [2.24, 2.45) is 0 Å². The van der Waals surface area contributed by atoms with Gasteiger partial charge in [0.25, 0.3) is 0 Å². The zero-order valence-corrected chi connectivity index (χ0v) is 9.94. The second kappa shape index (κ2) is 4.34. The molecule has 2 heterocycles. The lowest BCUT2D eigenvalue weighted by atomic mass is 10.0. The smallest absolute Gasteiger partial charge is 0.117 e. The quantitative estimate of drug-likeness (QED) is 0.877. The molecule has 3 rings (SSSR count). The summed E-state index contributed by atoms with van der Waals surface area (Å²) in [7, 11) is 1.93. The molecule has 0 amide bonds. The van der Waals surface area contributed by atoms with Gasteiger partial charge >= 0.3 is 0 Å². The average molecular weight is 228 g/mol. The monoisotopic (exact) mass is 228 g/mol. The first-order valence-electron chi connectivity index (χ1n) is 6.05. The van der Waals surface area contributed by atoms with E-state index in [1.54, 1.807) is 0 Å². The van der Waals surface area contributed by atoms with Crippen molar-refractivity contribution < 1.29 is 4.42 Å². The number of aryl methyl sites for hydroxylation is 1. The van der Waals surface area contributed by atoms with Crippen LogP contribution >= 0.6 is 0 Å². The Bertz CT molecular complexity index is 518. The Hall–Kier alpha value is -1.61. The first kappa shape index (κ1) is 10.5. The Morgan fingerprint density at radius 2 is 2.35 bits per heavy atom. The molecule has 88 valence electrons. The molecule has 0 radical (unpaired) electrons. The third-order valence-corrected chi connectivity index (χ3v) is 3.34. The minimum atomic E-state index is 0.344. The number of hydrogen-bond acceptors (Lipinski definition) is 3. The summed E-state index contributed by atoms with van der Waals surface area (Å²) < 4.78 is 5.86. The molecule has 0 aliphatic heterocycles. The van der Waals surface area contributed by atoms with E-state index >= 15 is 0 Å². The molecule has 1 unspecified atom stereocenters. The molecule has 3 nitrogen and oxygen atoms in total. The molecular formula is C14H16N2O. The molecule has 1 N–H and O–H groups in total. The van der Waals surface area contributed by atoms with Gasteiger partial charge in [0.05, 0.1) is 18.2 Å². The Morgan fingerprint density at radius 3 is 3.24 bits per heavy atom. The summed E-state index contributed by atoms with van der Waals surface area (Å²) in [6, 6.07) is 8.31. The number of fused-ring (bicyclic) bond motifs is 1. The van der Waals surface area contributed by atoms with Crippen LogP contribution in [0.25, 0.3) is 0 Å². The SMILES string of the molecule is CNCc1ccc(C2CCc3cccnc32)o1. The van der Waals surface area contributed by atoms with Gasteiger partial charge in [0.2, 0.25) is 0 Å². The number of furan rings is 1. The molecule has 1 aliphatic carbocycles. The third kappa shape index (κ3) is 1.87. The van der Waals surface area contributed by atoms with Crippen molar-refractivity contribution >= 4 is 0 Å². The second-order valence-corrected chi connectivity index (χ2v) is 4.47. The van der Waals surface area contributed by atoms with Crippen molar-refractivity contribution in [3.05, 3.63) is 53.2 Å². The van der Waals surface area contributed by atoms with Crippen molar-refractivity contribution in [2.45, 2.75) is 25.3 Å². The lowest BCUT2D eigenvalue weighted by Gasteiger charge is -2.06. The topological polar surface area (TPSA) is 38.1 Å². The minimum Gasteiger partial charge on any atom is -0.464 e. The van der Waals surface area contributed by atoms with Crippen molar-refractivity contribution in [1.82, 2.24) is 10.3 Å². The summed E-state index contributed by atoms with van der Waals surface area (Å²) >= 11 is 0. The normalized spacial score (nSPS) is 18.3. The van der Waals surface area contributed by atoms with Crippen LogP contribution in [0.5, 0.6) is 0 Å². The van der Waals surface area contributed by atoms with Gasteiger partial charge in [-0.25, -0.2) is 0 Å². The molecule has 2 aromatic heterocycles. The highest BCUT2D eigenvalue weighted by molar-refractivity contribution is 5.34. The summed E-state index contributed by atoms with van der Waals surface area (Å²) in [6.07, 6.45) is 4.09. The average Bonchev–Trinajstić information content (AvgIpc) is 2.95. The molecule has 0 aromatic carbocycles. The van der Waals surface area contributed by atoms with Crippen LogP contribution in [0.4, 0.5) is 0 Å². The standard InChI is InChI=1S/C14H16N2O/c1-15-9-11-5-7-13(17-11)12-6-4-10-3-2-8-16-14(10)12/h2-3,5,7-8,12,15H,4,6,9H2,1H3. The van der Waals surface area contributed by atoms with E-state index in [0.717, 1.165) is 30.9 Å². The van der Waals surface area contributed by atoms with Crippen LogP contribution in [-0.2, 0) is 13.0 Å². The highest BCUT2D eigenvalue weighted by atomic mass is 16.3. The minimum absolute atomic E-state index is 0.344. The van der Waals surface area contributed by atoms with Crippen LogP contribution < -0.4 is 5.32 Å². The molecule has 17 heavy (non-hydrogen) atoms. The number of pyridine rings is 1. The Morgan fingerprint density at radius 1 is 1.41 bits per heavy atom. The largest absolute Gasteiger partial charge is 0.464 e. The zero-order valence-electron chi connectivity index (χ0n) is 9.94. The fourth-order valence-corrected chi connectivity index (χ4v) is 2.54. The highest BCUT2D eigenvalue weighted by Gasteiger charge is 2.27. The molecule has 3 heteroatoms. The van der Waals surface area contributed by atoms with Crippen LogP contribution in [0.1, 0.15) is 35.1 Å². The van der Waals surface area contributed by atoms with Gasteiger partial charge in [-0.1, -0.05) is 6.07 Å². The Kier molecular flexibility index (Phi) is 2.69. The van der Waals surface area contributed by atoms with Gasteiger partial charge < -0.3 is 9.73 Å². The van der Waals surface area contributed by atoms with E-state index < -0.39 is 0 Å². The van der Waals surface area contributed by atoms with Gasteiger partial charge in [-0.05, 0) is 43.7 Å². The molecule has 0 saturated heterocycles. The molecule has 1 aliphatic rings. The van der Waals surface area contributed by atoms with E-state index in [4.69, 9.17) is 4.42 Å². The summed E-state index contributed by atoms with van der Waals surface area (Å²) in [4.78, 5) is 4.50. The van der Waals surface area contributed by atoms with Crippen molar-refractivity contribution in [3.8, 4) is 0 Å². The van der Waals surface area contributed by atoms with E-state index in [-0.39, 0.29) is 0 Å². The summed E-state index contributed by atoms with van der Waals surface area (Å²) in [6.45, 7) is 0.780. The third-order valence-electron chi connectivity index (χ3n) is 3.34. The van der Waals surface area contributed by atoms with E-state index in [1.165, 1.54) is 11.3 Å². The highest BCUT2D eigenvalue weighted by Crippen LogP contribution is 2.37. The van der Waals surface area contributed by atoms with Crippen molar-refractivity contribution in [2.75, 3.05) is 7.05 Å². The fraction of sp³-hybridized carbons (Fsp3) is 0.357. The van der Waals surface area contributed by atoms with Gasteiger partial charge in [-0.15, -0.1) is 0 Å². The fourth-order valence-electron chi connectivity index (χ4n) is 2.54. The maximum absolute atomic E-state index is 5.86. The first-order chi connectivity index (χ1) is 8.38. The Balaban J connectivity index is 1.90. The maximum atomic E-state index is 5.86. The van der Waals surface area contributed by atoms with Crippen molar-refractivity contribution in [1.29, 1.82) is 0 Å². The lowest BCUT2D eigenvalue weighted by Crippen LogP contribution is -2.03. The second-order valence-electron chi connectivity index (χ2n) is 4.47. The van der Waals surface area contributed by atoms with Crippen LogP contribution in [0.2, 0.25) is 0 Å². The van der Waals surface area contributed by atoms with Crippen molar-refractivity contribution in [3.63, 3.8) is 0 Å². The molecule has 0 spiro atoms. The number of aromatic nitrogens is 1. The van der Waals surface area contributed by atoms with E-state index in [9.17, 15) is 0 Å². The zero-order chi connectivity index (χ0) is 11.7. The predicted octanol–water partition coefficient (Wildman–Crippen LogP) is 2.47. The molecule has 0 bridgehead atoms. The molecule has 0 saturated carbocycles. The van der Waals surface area contributed by atoms with E-state index in [2.05, 4.69) is 22.4 Å². The van der Waals surface area contributed by atoms with E-state index in [0.29, 0.717) is 5.92 Å². The molecular weight excluding hydrogens is 212 g/mol. The number of rotatable bonds is 3. The van der Waals surface area contributed by atoms with Gasteiger partial charge in [0.1, 0.15) is 11.5 Å². The number of nitrogens with zero attached hydrogens (tertiary/aromatic N) is 1. The Labute approximate surface area is 101 Å². The van der Waals surface area contributed by atoms with Crippen LogP contribution in [0.3, 0.4) is 0 Å². The molecule has 0 fully saturated rings. The predicted molar refractivity (Wildman–Crippen MR) is 65.9 cm³/mol. The van der Waals surface area contributed by atoms with Crippen LogP contribution in [-0.4, -0.2) is 12.0 Å². The molecule has 2 aromatic rings. The summed E-state index contributed by atoms with van der Waals surface area (Å²) in [5.74, 6) is 2.39. The van der Waals surface area contributed by atoms with Gasteiger partial charge in [-0.2, -0.15) is 0 Å². The molecule has 1 atom stereocenters. The number of nitrogens with one attached hydrogen (secondary N) is 1. The maximum Gasteiger partial charge on any atom is 0.117 e. The van der Waals surface area contributed by atoms with Gasteiger partial charge in [-0.3, -0.25) is 4.98 Å².